The molecule has 5 saturated heterocycles. The summed E-state index contributed by atoms with van der Waals surface area (Å²) in [4.78, 5) is 24.4. The van der Waals surface area contributed by atoms with Gasteiger partial charge in [0.2, 0.25) is 11.8 Å². The van der Waals surface area contributed by atoms with Crippen molar-refractivity contribution in [2.24, 2.45) is 0 Å². The Kier molecular flexibility index (Phi) is 22.4. The Bertz CT molecular complexity index is 1560. The third-order valence-electron chi connectivity index (χ3n) is 12.4. The first-order valence-corrected chi connectivity index (χ1v) is 22.7. The van der Waals surface area contributed by atoms with E-state index in [4.69, 9.17) is 47.4 Å². The van der Waals surface area contributed by atoms with Crippen LogP contribution in [-0.4, -0.2) is 288 Å². The van der Waals surface area contributed by atoms with Gasteiger partial charge in [-0.25, -0.2) is 0 Å². The zero-order chi connectivity index (χ0) is 50.9. The second-order valence-electron chi connectivity index (χ2n) is 17.3. The van der Waals surface area contributed by atoms with Crippen LogP contribution >= 0.6 is 0 Å². The Labute approximate surface area is 394 Å². The maximum Gasteiger partial charge on any atom is 0.219 e. The lowest BCUT2D eigenvalue weighted by Gasteiger charge is -2.50. The SMILES string of the molecule is CCCCC(=O)NCCCO[C@H]1O[C@H](CO)[C@@H](O[C@@H]2OC(CO)[C@H](O)[C@H](O[C@@H]3OC(CO)[C@H](O[C@H]4O[C@H](CO)[C@@H](O)C(O[C@H]5O[C@H](CO)[C@@H](O)C(O)C5O)C4O)[C@H](O)C3NC(C)=O)C2O)C(O)C1O. The van der Waals surface area contributed by atoms with Gasteiger partial charge in [-0.05, 0) is 12.8 Å². The average molecular weight is 1010 g/mol. The van der Waals surface area contributed by atoms with Crippen LogP contribution in [0.2, 0.25) is 0 Å². The second-order valence-corrected chi connectivity index (χ2v) is 17.3. The fourth-order valence-corrected chi connectivity index (χ4v) is 8.48. The number of rotatable bonds is 22. The summed E-state index contributed by atoms with van der Waals surface area (Å²) in [5.74, 6) is -0.959. The van der Waals surface area contributed by atoms with Gasteiger partial charge in [0.05, 0.1) is 39.6 Å². The van der Waals surface area contributed by atoms with Crippen LogP contribution in [0.1, 0.15) is 39.5 Å². The number of hydrogen-bond acceptors (Lipinski definition) is 27. The van der Waals surface area contributed by atoms with E-state index in [0.29, 0.717) is 12.8 Å². The van der Waals surface area contributed by atoms with E-state index in [-0.39, 0.29) is 19.1 Å². The van der Waals surface area contributed by atoms with Crippen LogP contribution in [0.3, 0.4) is 0 Å². The van der Waals surface area contributed by atoms with Crippen LogP contribution in [-0.2, 0) is 57.0 Å². The van der Waals surface area contributed by atoms with Crippen molar-refractivity contribution in [3.8, 4) is 0 Å². The molecule has 0 saturated carbocycles. The smallest absolute Gasteiger partial charge is 0.219 e. The van der Waals surface area contributed by atoms with E-state index in [1.807, 2.05) is 6.92 Å². The Balaban J connectivity index is 1.28. The summed E-state index contributed by atoms with van der Waals surface area (Å²) in [5, 5.41) is 165. The monoisotopic (exact) mass is 1010 g/mol. The van der Waals surface area contributed by atoms with Crippen LogP contribution in [0.4, 0.5) is 0 Å². The first-order chi connectivity index (χ1) is 32.8. The highest BCUT2D eigenvalue weighted by Gasteiger charge is 2.57. The molecule has 5 fully saturated rings. The molecular weight excluding hydrogens is 940 g/mol. The Morgan fingerprint density at radius 1 is 0.464 bits per heavy atom. The van der Waals surface area contributed by atoms with Gasteiger partial charge in [0.1, 0.15) is 122 Å². The quantitative estimate of drug-likeness (QED) is 0.0448. The third-order valence-corrected chi connectivity index (χ3v) is 12.4. The van der Waals surface area contributed by atoms with Crippen molar-refractivity contribution < 1.29 is 134 Å². The number of unbranched alkanes of at least 4 members (excludes halogenated alkanes) is 1. The van der Waals surface area contributed by atoms with Crippen LogP contribution in [0.25, 0.3) is 0 Å². The predicted molar refractivity (Wildman–Crippen MR) is 219 cm³/mol. The molecule has 402 valence electrons. The van der Waals surface area contributed by atoms with Crippen LogP contribution < -0.4 is 10.6 Å². The number of aliphatic hydroxyl groups is 15. The highest BCUT2D eigenvalue weighted by Crippen LogP contribution is 2.36. The van der Waals surface area contributed by atoms with Crippen molar-refractivity contribution in [3.63, 3.8) is 0 Å². The van der Waals surface area contributed by atoms with E-state index < -0.39 is 192 Å². The van der Waals surface area contributed by atoms with Crippen molar-refractivity contribution in [2.45, 2.75) is 193 Å². The molecule has 2 amide bonds. The van der Waals surface area contributed by atoms with Crippen molar-refractivity contribution in [1.29, 1.82) is 0 Å². The molecule has 0 aromatic rings. The second kappa shape index (κ2) is 26.8. The fourth-order valence-electron chi connectivity index (χ4n) is 8.48. The lowest BCUT2D eigenvalue weighted by molar-refractivity contribution is -0.387. The molecule has 29 heteroatoms. The Morgan fingerprint density at radius 2 is 0.884 bits per heavy atom. The normalized spacial score (nSPS) is 45.2. The lowest BCUT2D eigenvalue weighted by Crippen LogP contribution is -2.70. The van der Waals surface area contributed by atoms with E-state index in [1.54, 1.807) is 0 Å². The molecule has 0 radical (unpaired) electrons. The van der Waals surface area contributed by atoms with Gasteiger partial charge >= 0.3 is 0 Å². The first-order valence-electron chi connectivity index (χ1n) is 22.7. The van der Waals surface area contributed by atoms with E-state index in [0.717, 1.165) is 19.8 Å². The van der Waals surface area contributed by atoms with Gasteiger partial charge in [0.25, 0.3) is 0 Å². The minimum Gasteiger partial charge on any atom is -0.394 e. The summed E-state index contributed by atoms with van der Waals surface area (Å²) in [6, 6.07) is -1.73. The minimum absolute atomic E-state index is 0.0400. The van der Waals surface area contributed by atoms with E-state index >= 15 is 0 Å². The number of aliphatic hydroxyl groups excluding tert-OH is 15. The molecule has 69 heavy (non-hydrogen) atoms. The molecule has 0 spiro atoms. The molecule has 5 heterocycles. The molecule has 5 rings (SSSR count). The van der Waals surface area contributed by atoms with Gasteiger partial charge < -0.3 is 135 Å². The summed E-state index contributed by atoms with van der Waals surface area (Å²) in [5.41, 5.74) is 0. The van der Waals surface area contributed by atoms with Gasteiger partial charge in [-0.15, -0.1) is 0 Å². The van der Waals surface area contributed by atoms with Crippen LogP contribution in [0, 0.1) is 0 Å². The summed E-state index contributed by atoms with van der Waals surface area (Å²) in [7, 11) is 0. The molecule has 10 unspecified atom stereocenters. The number of carbonyl (C=O) groups is 2. The fraction of sp³-hybridized carbons (Fsp3) is 0.950. The molecule has 5 aliphatic heterocycles. The summed E-state index contributed by atoms with van der Waals surface area (Å²) in [6.07, 6.45) is -41.5. The number of nitrogens with one attached hydrogen (secondary N) is 2. The summed E-state index contributed by atoms with van der Waals surface area (Å²) >= 11 is 0. The van der Waals surface area contributed by atoms with Gasteiger partial charge in [0, 0.05) is 19.9 Å². The third kappa shape index (κ3) is 13.8. The molecule has 17 N–H and O–H groups in total. The average Bonchev–Trinajstić information content (AvgIpc) is 3.33. The van der Waals surface area contributed by atoms with Crippen molar-refractivity contribution >= 4 is 11.8 Å². The maximum absolute atomic E-state index is 12.5. The van der Waals surface area contributed by atoms with Crippen LogP contribution in [0.5, 0.6) is 0 Å². The predicted octanol–water partition coefficient (Wildman–Crippen LogP) is -10.1. The lowest BCUT2D eigenvalue weighted by atomic mass is 9.94. The molecule has 29 nitrogen and oxygen atoms in total. The Morgan fingerprint density at radius 3 is 1.38 bits per heavy atom. The zero-order valence-corrected chi connectivity index (χ0v) is 37.8. The van der Waals surface area contributed by atoms with Gasteiger partial charge in [-0.3, -0.25) is 9.59 Å². The summed E-state index contributed by atoms with van der Waals surface area (Å²) < 4.78 is 56.9. The van der Waals surface area contributed by atoms with Crippen molar-refractivity contribution in [3.05, 3.63) is 0 Å². The molecule has 0 aromatic heterocycles. The molecule has 0 bridgehead atoms. The van der Waals surface area contributed by atoms with Gasteiger partial charge in [-0.2, -0.15) is 0 Å². The molecule has 0 aliphatic carbocycles. The van der Waals surface area contributed by atoms with E-state index in [2.05, 4.69) is 10.6 Å². The minimum atomic E-state index is -2.10. The van der Waals surface area contributed by atoms with Gasteiger partial charge in [-0.1, -0.05) is 13.3 Å². The number of carbonyl (C=O) groups excluding carboxylic acids is 2. The topological polar surface area (TPSA) is 454 Å². The van der Waals surface area contributed by atoms with Crippen molar-refractivity contribution in [2.75, 3.05) is 46.2 Å². The standard InChI is InChI=1S/C40H70N2O27/c1-3-4-6-20(49)41-7-5-8-60-37-29(57)27(55)33(19(13-47)65-37)67-40-30(58)34(23(51)16(10-44)63-40)68-36-21(42-14(2)48)25(53)32(18(12-46)64-36)66-39-31(59)35(24(52)17(11-45)62-39)69-38-28(56)26(54)22(50)15(9-43)61-38/h15-19,21-40,43-47,50-59H,3-13H2,1-2H3,(H,41,49)(H,42,48)/t15-,16?,17-,18?,19-,21?,22-,23+,24-,25-,26?,27?,28?,29?,30?,31?,32+,33-,34+,35?,36+,37+,38-,39-,40+/m1/s1. The zero-order valence-electron chi connectivity index (χ0n) is 37.8. The Hall–Kier alpha value is -2.06. The molecular formula is C40H70N2O27. The van der Waals surface area contributed by atoms with Crippen LogP contribution in [0.15, 0.2) is 0 Å². The maximum atomic E-state index is 12.5. The largest absolute Gasteiger partial charge is 0.394 e. The number of hydrogen-bond donors (Lipinski definition) is 17. The highest BCUT2D eigenvalue weighted by molar-refractivity contribution is 5.75. The summed E-state index contributed by atoms with van der Waals surface area (Å²) in [6.45, 7) is -1.39. The molecule has 25 atom stereocenters. The van der Waals surface area contributed by atoms with Crippen molar-refractivity contribution in [1.82, 2.24) is 10.6 Å². The van der Waals surface area contributed by atoms with E-state index in [9.17, 15) is 86.2 Å². The van der Waals surface area contributed by atoms with Gasteiger partial charge in [0.15, 0.2) is 31.5 Å². The van der Waals surface area contributed by atoms with E-state index in [1.165, 1.54) is 0 Å². The number of amides is 2. The molecule has 0 aromatic carbocycles. The highest BCUT2D eigenvalue weighted by atomic mass is 16.8. The molecule has 5 aliphatic rings. The first kappa shape index (κ1) is 57.8. The number of ether oxygens (including phenoxy) is 10.